The van der Waals surface area contributed by atoms with Crippen molar-refractivity contribution in [2.24, 2.45) is 0 Å². The third-order valence-corrected chi connectivity index (χ3v) is 3.27. The molecule has 2 aromatic rings. The molecule has 0 aromatic carbocycles. The van der Waals surface area contributed by atoms with Crippen LogP contribution in [0.4, 0.5) is 5.82 Å². The molecule has 0 spiro atoms. The van der Waals surface area contributed by atoms with E-state index in [1.54, 1.807) is 6.20 Å². The number of hydrogen-bond acceptors (Lipinski definition) is 6. The Morgan fingerprint density at radius 2 is 2.15 bits per heavy atom. The van der Waals surface area contributed by atoms with Gasteiger partial charge in [-0.2, -0.15) is 0 Å². The molecule has 20 heavy (non-hydrogen) atoms. The summed E-state index contributed by atoms with van der Waals surface area (Å²) in [6.07, 6.45) is 4.18. The van der Waals surface area contributed by atoms with Crippen LogP contribution in [0.1, 0.15) is 20.3 Å². The van der Waals surface area contributed by atoms with E-state index in [0.717, 1.165) is 29.0 Å². The Bertz CT molecular complexity index is 622. The molecule has 0 atom stereocenters. The van der Waals surface area contributed by atoms with Gasteiger partial charge in [-0.15, -0.1) is 0 Å². The molecule has 1 aliphatic rings. The Balaban J connectivity index is 1.91. The maximum atomic E-state index is 9.83. The lowest BCUT2D eigenvalue weighted by Gasteiger charge is -2.44. The topological polar surface area (TPSA) is 71.4 Å². The van der Waals surface area contributed by atoms with E-state index in [4.69, 9.17) is 4.74 Å². The zero-order valence-electron chi connectivity index (χ0n) is 11.7. The van der Waals surface area contributed by atoms with Gasteiger partial charge in [0.1, 0.15) is 17.6 Å². The van der Waals surface area contributed by atoms with E-state index in [1.807, 2.05) is 17.9 Å². The van der Waals surface area contributed by atoms with E-state index in [-0.39, 0.29) is 0 Å². The molecule has 1 aliphatic heterocycles. The second-order valence-electron chi connectivity index (χ2n) is 5.44. The summed E-state index contributed by atoms with van der Waals surface area (Å²) in [7, 11) is 0. The molecule has 1 N–H and O–H groups in total. The smallest absolute Gasteiger partial charge is 0.158 e. The molecule has 3 heterocycles. The molecule has 1 saturated heterocycles. The predicted octanol–water partition coefficient (Wildman–Crippen LogP) is 1.38. The number of β-amino-alcohol motifs (C(OH)–C–C–N with tert-alkyl or cyclic N) is 1. The van der Waals surface area contributed by atoms with Crippen molar-refractivity contribution in [1.29, 1.82) is 0 Å². The van der Waals surface area contributed by atoms with Gasteiger partial charge in [-0.3, -0.25) is 0 Å². The number of pyridine rings is 1. The van der Waals surface area contributed by atoms with Crippen LogP contribution < -0.4 is 9.64 Å². The van der Waals surface area contributed by atoms with Gasteiger partial charge in [0.2, 0.25) is 0 Å². The summed E-state index contributed by atoms with van der Waals surface area (Å²) >= 11 is 0. The van der Waals surface area contributed by atoms with Crippen molar-refractivity contribution in [3.63, 3.8) is 0 Å². The van der Waals surface area contributed by atoms with Gasteiger partial charge in [-0.25, -0.2) is 15.0 Å². The highest BCUT2D eigenvalue weighted by Crippen LogP contribution is 2.30. The summed E-state index contributed by atoms with van der Waals surface area (Å²) in [5.74, 6) is 1.49. The molecular formula is C14H18N4O2. The van der Waals surface area contributed by atoms with Crippen LogP contribution in [-0.2, 0) is 0 Å². The fourth-order valence-electron chi connectivity index (χ4n) is 2.37. The van der Waals surface area contributed by atoms with Crippen LogP contribution in [0.3, 0.4) is 0 Å². The highest BCUT2D eigenvalue weighted by molar-refractivity contribution is 5.86. The summed E-state index contributed by atoms with van der Waals surface area (Å²) < 4.78 is 5.56. The monoisotopic (exact) mass is 274 g/mol. The van der Waals surface area contributed by atoms with E-state index in [1.165, 1.54) is 6.33 Å². The van der Waals surface area contributed by atoms with Crippen molar-refractivity contribution in [2.45, 2.75) is 25.9 Å². The van der Waals surface area contributed by atoms with Crippen molar-refractivity contribution in [3.05, 3.63) is 18.6 Å². The third-order valence-electron chi connectivity index (χ3n) is 3.27. The van der Waals surface area contributed by atoms with Crippen molar-refractivity contribution < 1.29 is 9.84 Å². The van der Waals surface area contributed by atoms with Crippen molar-refractivity contribution in [2.75, 3.05) is 24.6 Å². The number of anilines is 1. The molecular weight excluding hydrogens is 256 g/mol. The molecule has 0 radical (unpaired) electrons. The minimum Gasteiger partial charge on any atom is -0.492 e. The number of nitrogens with zero attached hydrogens (tertiary/aromatic N) is 4. The van der Waals surface area contributed by atoms with Gasteiger partial charge >= 0.3 is 0 Å². The normalized spacial score (nSPS) is 17.1. The lowest BCUT2D eigenvalue weighted by atomic mass is 9.97. The number of aromatic nitrogens is 3. The van der Waals surface area contributed by atoms with Crippen molar-refractivity contribution in [1.82, 2.24) is 15.0 Å². The van der Waals surface area contributed by atoms with Gasteiger partial charge in [0.15, 0.2) is 5.82 Å². The molecule has 0 amide bonds. The van der Waals surface area contributed by atoms with Crippen LogP contribution in [0.2, 0.25) is 0 Å². The second-order valence-corrected chi connectivity index (χ2v) is 5.44. The lowest BCUT2D eigenvalue weighted by molar-refractivity contribution is 0.0307. The van der Waals surface area contributed by atoms with Crippen LogP contribution in [0.25, 0.3) is 11.0 Å². The summed E-state index contributed by atoms with van der Waals surface area (Å²) in [5.41, 5.74) is 0.864. The maximum Gasteiger partial charge on any atom is 0.158 e. The molecule has 1 fully saturated rings. The lowest BCUT2D eigenvalue weighted by Crippen LogP contribution is -2.60. The first kappa shape index (κ1) is 13.1. The number of fused-ring (bicyclic) bond motifs is 1. The minimum atomic E-state index is -0.637. The molecule has 0 unspecified atom stereocenters. The van der Waals surface area contributed by atoms with Gasteiger partial charge in [-0.1, -0.05) is 6.92 Å². The molecule has 0 bridgehead atoms. The first-order valence-corrected chi connectivity index (χ1v) is 6.80. The molecule has 2 aromatic heterocycles. The average molecular weight is 274 g/mol. The van der Waals surface area contributed by atoms with Gasteiger partial charge in [0.05, 0.1) is 23.9 Å². The van der Waals surface area contributed by atoms with E-state index < -0.39 is 5.60 Å². The first-order chi connectivity index (χ1) is 9.59. The summed E-state index contributed by atoms with van der Waals surface area (Å²) in [4.78, 5) is 14.9. The summed E-state index contributed by atoms with van der Waals surface area (Å²) in [5, 5.41) is 9.83. The molecule has 0 aliphatic carbocycles. The SMILES string of the molecule is CCCOc1cnc2c(N3CC(C)(O)C3)ncnc2c1. The van der Waals surface area contributed by atoms with Crippen LogP contribution in [0.15, 0.2) is 18.6 Å². The van der Waals surface area contributed by atoms with E-state index >= 15 is 0 Å². The van der Waals surface area contributed by atoms with Crippen LogP contribution in [0.5, 0.6) is 5.75 Å². The Morgan fingerprint density at radius 3 is 2.85 bits per heavy atom. The summed E-state index contributed by atoms with van der Waals surface area (Å²) in [6.45, 7) is 5.67. The zero-order valence-corrected chi connectivity index (χ0v) is 11.7. The Kier molecular flexibility index (Phi) is 3.17. The Labute approximate surface area is 117 Å². The summed E-state index contributed by atoms with van der Waals surface area (Å²) in [6, 6.07) is 1.88. The van der Waals surface area contributed by atoms with Crippen molar-refractivity contribution >= 4 is 16.9 Å². The fourth-order valence-corrected chi connectivity index (χ4v) is 2.37. The molecule has 6 nitrogen and oxygen atoms in total. The quantitative estimate of drug-likeness (QED) is 0.908. The average Bonchev–Trinajstić information content (AvgIpc) is 2.41. The van der Waals surface area contributed by atoms with Gasteiger partial charge in [0.25, 0.3) is 0 Å². The zero-order chi connectivity index (χ0) is 14.2. The largest absolute Gasteiger partial charge is 0.492 e. The highest BCUT2D eigenvalue weighted by atomic mass is 16.5. The number of hydrogen-bond donors (Lipinski definition) is 1. The maximum absolute atomic E-state index is 9.83. The Hall–Kier alpha value is -1.95. The second kappa shape index (κ2) is 4.86. The predicted molar refractivity (Wildman–Crippen MR) is 76.0 cm³/mol. The number of aliphatic hydroxyl groups is 1. The first-order valence-electron chi connectivity index (χ1n) is 6.80. The molecule has 106 valence electrons. The van der Waals surface area contributed by atoms with Crippen LogP contribution >= 0.6 is 0 Å². The van der Waals surface area contributed by atoms with Crippen molar-refractivity contribution in [3.8, 4) is 5.75 Å². The van der Waals surface area contributed by atoms with Crippen LogP contribution in [-0.4, -0.2) is 45.4 Å². The minimum absolute atomic E-state index is 0.564. The fraction of sp³-hybridized carbons (Fsp3) is 0.500. The van der Waals surface area contributed by atoms with Gasteiger partial charge in [-0.05, 0) is 13.3 Å². The number of ether oxygens (including phenoxy) is 1. The van der Waals surface area contributed by atoms with E-state index in [0.29, 0.717) is 19.7 Å². The molecule has 0 saturated carbocycles. The Morgan fingerprint density at radius 1 is 1.35 bits per heavy atom. The highest BCUT2D eigenvalue weighted by Gasteiger charge is 2.38. The van der Waals surface area contributed by atoms with Crippen LogP contribution in [0, 0.1) is 0 Å². The van der Waals surface area contributed by atoms with Gasteiger partial charge < -0.3 is 14.7 Å². The number of rotatable bonds is 4. The van der Waals surface area contributed by atoms with Gasteiger partial charge in [0, 0.05) is 19.2 Å². The molecule has 3 rings (SSSR count). The molecule has 6 heteroatoms. The standard InChI is InChI=1S/C14H18N4O2/c1-3-4-20-10-5-11-12(15-6-10)13(17-9-16-11)18-7-14(2,19)8-18/h5-6,9,19H,3-4,7-8H2,1-2H3. The van der Waals surface area contributed by atoms with E-state index in [9.17, 15) is 5.11 Å². The van der Waals surface area contributed by atoms with E-state index in [2.05, 4.69) is 21.9 Å². The third kappa shape index (κ3) is 2.38.